The molecule has 0 spiro atoms. The zero-order valence-electron chi connectivity index (χ0n) is 13.0. The minimum atomic E-state index is -0.932. The standard InChI is InChI=1S/C17H14ClFN4O2/c18-11-2-1-3-13(8-11)23(7-6-20)10-16(24)22-12-4-5-15(19)14(9-12)17(21)25/h1-5,8-9H,7,10H2,(H2,21,25)(H,22,24). The van der Waals surface area contributed by atoms with Gasteiger partial charge in [-0.05, 0) is 36.4 Å². The van der Waals surface area contributed by atoms with Crippen LogP contribution >= 0.6 is 11.6 Å². The third kappa shape index (κ3) is 4.93. The van der Waals surface area contributed by atoms with Crippen LogP contribution in [0.5, 0.6) is 0 Å². The van der Waals surface area contributed by atoms with Crippen LogP contribution in [0.4, 0.5) is 15.8 Å². The van der Waals surface area contributed by atoms with Gasteiger partial charge in [-0.25, -0.2) is 4.39 Å². The molecule has 0 saturated carbocycles. The fourth-order valence-corrected chi connectivity index (χ4v) is 2.35. The number of carbonyl (C=O) groups excluding carboxylic acids is 2. The molecule has 0 unspecified atom stereocenters. The molecule has 0 bridgehead atoms. The number of hydrogen-bond donors (Lipinski definition) is 2. The summed E-state index contributed by atoms with van der Waals surface area (Å²) in [5.41, 5.74) is 5.60. The van der Waals surface area contributed by atoms with Gasteiger partial charge in [0.1, 0.15) is 12.4 Å². The molecule has 6 nitrogen and oxygen atoms in total. The first-order valence-corrected chi connectivity index (χ1v) is 7.55. The fraction of sp³-hybridized carbons (Fsp3) is 0.118. The number of amides is 2. The predicted octanol–water partition coefficient (Wildman–Crippen LogP) is 2.55. The highest BCUT2D eigenvalue weighted by atomic mass is 35.5. The van der Waals surface area contributed by atoms with Gasteiger partial charge in [-0.15, -0.1) is 0 Å². The quantitative estimate of drug-likeness (QED) is 0.773. The lowest BCUT2D eigenvalue weighted by Crippen LogP contribution is -2.33. The van der Waals surface area contributed by atoms with Crippen LogP contribution in [0, 0.1) is 17.1 Å². The Hall–Kier alpha value is -3.11. The van der Waals surface area contributed by atoms with Gasteiger partial charge in [0, 0.05) is 16.4 Å². The number of benzene rings is 2. The van der Waals surface area contributed by atoms with Crippen LogP contribution in [0.2, 0.25) is 5.02 Å². The van der Waals surface area contributed by atoms with E-state index in [9.17, 15) is 14.0 Å². The largest absolute Gasteiger partial charge is 0.366 e. The number of hydrogen-bond acceptors (Lipinski definition) is 4. The normalized spacial score (nSPS) is 9.96. The van der Waals surface area contributed by atoms with Gasteiger partial charge in [0.25, 0.3) is 5.91 Å². The van der Waals surface area contributed by atoms with E-state index < -0.39 is 17.6 Å². The van der Waals surface area contributed by atoms with Crippen LogP contribution < -0.4 is 16.0 Å². The molecule has 2 aromatic rings. The molecule has 3 N–H and O–H groups in total. The molecule has 0 atom stereocenters. The average molecular weight is 361 g/mol. The molecule has 0 aliphatic heterocycles. The molecular weight excluding hydrogens is 347 g/mol. The summed E-state index contributed by atoms with van der Waals surface area (Å²) in [5.74, 6) is -2.15. The first-order valence-electron chi connectivity index (χ1n) is 7.17. The van der Waals surface area contributed by atoms with Gasteiger partial charge in [-0.3, -0.25) is 9.59 Å². The van der Waals surface area contributed by atoms with Crippen LogP contribution in [0.3, 0.4) is 0 Å². The van der Waals surface area contributed by atoms with Crippen molar-refractivity contribution < 1.29 is 14.0 Å². The Morgan fingerprint density at radius 1 is 1.28 bits per heavy atom. The molecule has 0 heterocycles. The summed E-state index contributed by atoms with van der Waals surface area (Å²) in [6, 6.07) is 12.2. The summed E-state index contributed by atoms with van der Waals surface area (Å²) in [5, 5.41) is 12.0. The van der Waals surface area contributed by atoms with Crippen LogP contribution in [0.1, 0.15) is 10.4 Å². The zero-order valence-corrected chi connectivity index (χ0v) is 13.8. The Balaban J connectivity index is 2.13. The zero-order chi connectivity index (χ0) is 18.4. The molecule has 8 heteroatoms. The second kappa shape index (κ2) is 8.13. The summed E-state index contributed by atoms with van der Waals surface area (Å²) in [6.45, 7) is -0.152. The van der Waals surface area contributed by atoms with Crippen LogP contribution in [0.25, 0.3) is 0 Å². The number of carbonyl (C=O) groups is 2. The van der Waals surface area contributed by atoms with Crippen LogP contribution in [-0.4, -0.2) is 24.9 Å². The number of rotatable bonds is 6. The number of primary amides is 1. The highest BCUT2D eigenvalue weighted by Gasteiger charge is 2.14. The van der Waals surface area contributed by atoms with E-state index in [-0.39, 0.29) is 24.3 Å². The summed E-state index contributed by atoms with van der Waals surface area (Å²) >= 11 is 5.93. The lowest BCUT2D eigenvalue weighted by Gasteiger charge is -2.21. The van der Waals surface area contributed by atoms with E-state index in [1.807, 2.05) is 6.07 Å². The smallest absolute Gasteiger partial charge is 0.251 e. The molecule has 0 saturated heterocycles. The lowest BCUT2D eigenvalue weighted by atomic mass is 10.1. The summed E-state index contributed by atoms with van der Waals surface area (Å²) < 4.78 is 13.5. The topological polar surface area (TPSA) is 99.2 Å². The maximum Gasteiger partial charge on any atom is 0.251 e. The van der Waals surface area contributed by atoms with E-state index in [1.54, 1.807) is 24.3 Å². The number of halogens is 2. The predicted molar refractivity (Wildman–Crippen MR) is 92.8 cm³/mol. The van der Waals surface area contributed by atoms with Crippen molar-refractivity contribution in [3.8, 4) is 6.07 Å². The minimum Gasteiger partial charge on any atom is -0.366 e. The number of nitrogens with two attached hydrogens (primary N) is 1. The van der Waals surface area contributed by atoms with Crippen molar-refractivity contribution in [3.05, 3.63) is 58.9 Å². The van der Waals surface area contributed by atoms with Gasteiger partial charge in [-0.2, -0.15) is 5.26 Å². The van der Waals surface area contributed by atoms with Gasteiger partial charge in [0.2, 0.25) is 5.91 Å². The maximum atomic E-state index is 13.5. The molecule has 25 heavy (non-hydrogen) atoms. The Bertz CT molecular complexity index is 851. The van der Waals surface area contributed by atoms with E-state index in [0.717, 1.165) is 12.1 Å². The van der Waals surface area contributed by atoms with Crippen molar-refractivity contribution >= 4 is 34.8 Å². The monoisotopic (exact) mass is 360 g/mol. The molecule has 128 valence electrons. The Morgan fingerprint density at radius 3 is 2.68 bits per heavy atom. The minimum absolute atomic E-state index is 0.0241. The molecule has 0 aliphatic carbocycles. The molecule has 2 amide bonds. The number of nitrogens with zero attached hydrogens (tertiary/aromatic N) is 2. The van der Waals surface area contributed by atoms with Gasteiger partial charge in [-0.1, -0.05) is 17.7 Å². The molecule has 0 radical (unpaired) electrons. The molecule has 2 rings (SSSR count). The van der Waals surface area contributed by atoms with E-state index in [1.165, 1.54) is 11.0 Å². The first kappa shape index (κ1) is 18.2. The molecular formula is C17H14ClFN4O2. The second-order valence-electron chi connectivity index (χ2n) is 5.10. The maximum absolute atomic E-state index is 13.5. The molecule has 0 aromatic heterocycles. The Morgan fingerprint density at radius 2 is 2.04 bits per heavy atom. The van der Waals surface area contributed by atoms with Crippen molar-refractivity contribution in [1.29, 1.82) is 5.26 Å². The summed E-state index contributed by atoms with van der Waals surface area (Å²) in [4.78, 5) is 24.9. The highest BCUT2D eigenvalue weighted by Crippen LogP contribution is 2.20. The molecule has 0 aliphatic rings. The SMILES string of the molecule is N#CCN(CC(=O)Nc1ccc(F)c(C(N)=O)c1)c1cccc(Cl)c1. The highest BCUT2D eigenvalue weighted by molar-refractivity contribution is 6.30. The lowest BCUT2D eigenvalue weighted by molar-refractivity contribution is -0.115. The van der Waals surface area contributed by atoms with E-state index in [4.69, 9.17) is 22.6 Å². The van der Waals surface area contributed by atoms with Gasteiger partial charge in [0.15, 0.2) is 0 Å². The van der Waals surface area contributed by atoms with E-state index >= 15 is 0 Å². The van der Waals surface area contributed by atoms with Gasteiger partial charge in [0.05, 0.1) is 18.2 Å². The van der Waals surface area contributed by atoms with Gasteiger partial charge >= 0.3 is 0 Å². The number of nitriles is 1. The van der Waals surface area contributed by atoms with Crippen molar-refractivity contribution in [3.63, 3.8) is 0 Å². The molecule has 0 fully saturated rings. The number of anilines is 2. The average Bonchev–Trinajstić information content (AvgIpc) is 2.56. The van der Waals surface area contributed by atoms with Crippen molar-refractivity contribution in [1.82, 2.24) is 0 Å². The number of nitrogens with one attached hydrogen (secondary N) is 1. The second-order valence-corrected chi connectivity index (χ2v) is 5.54. The van der Waals surface area contributed by atoms with E-state index in [2.05, 4.69) is 5.32 Å². The fourth-order valence-electron chi connectivity index (χ4n) is 2.16. The Labute approximate surface area is 148 Å². The molecule has 2 aromatic carbocycles. The van der Waals surface area contributed by atoms with Crippen molar-refractivity contribution in [2.75, 3.05) is 23.3 Å². The third-order valence-corrected chi connectivity index (χ3v) is 3.52. The summed E-state index contributed by atoms with van der Waals surface area (Å²) in [6.07, 6.45) is 0. The van der Waals surface area contributed by atoms with Crippen molar-refractivity contribution in [2.45, 2.75) is 0 Å². The van der Waals surface area contributed by atoms with Crippen LogP contribution in [-0.2, 0) is 4.79 Å². The van der Waals surface area contributed by atoms with Gasteiger partial charge < -0.3 is 16.0 Å². The van der Waals surface area contributed by atoms with Crippen LogP contribution in [0.15, 0.2) is 42.5 Å². The summed E-state index contributed by atoms with van der Waals surface area (Å²) in [7, 11) is 0. The Kier molecular flexibility index (Phi) is 5.93. The first-order chi connectivity index (χ1) is 11.9. The third-order valence-electron chi connectivity index (χ3n) is 3.28. The van der Waals surface area contributed by atoms with Crippen molar-refractivity contribution in [2.24, 2.45) is 5.73 Å². The van der Waals surface area contributed by atoms with E-state index in [0.29, 0.717) is 10.7 Å².